The first-order chi connectivity index (χ1) is 22.3. The first kappa shape index (κ1) is 25.8. The molecule has 0 aliphatic heterocycles. The molecule has 0 atom stereocenters. The number of thiophene rings is 1. The van der Waals surface area contributed by atoms with Crippen molar-refractivity contribution in [1.82, 2.24) is 4.98 Å². The Morgan fingerprint density at radius 2 is 1.20 bits per heavy atom. The van der Waals surface area contributed by atoms with E-state index in [1.165, 1.54) is 31.3 Å². The zero-order chi connectivity index (χ0) is 29.7. The second-order valence-electron chi connectivity index (χ2n) is 11.2. The number of anilines is 3. The third kappa shape index (κ3) is 4.38. The molecule has 0 aliphatic carbocycles. The lowest BCUT2D eigenvalue weighted by molar-refractivity contribution is 0.620. The standard InChI is InChI=1S/C41H26N2OS/c1-3-11-27(12-4-1)32-15-7-9-17-36(32)43(31-21-24-39-35(26-31)34-16-8-10-18-38(34)45-39)30-20-22-33-29(25-30)19-23-37-40(33)42-41(44-37)28-13-5-2-6-14-28/h1-26H. The first-order valence-corrected chi connectivity index (χ1v) is 15.9. The van der Waals surface area contributed by atoms with Crippen molar-refractivity contribution in [1.29, 1.82) is 0 Å². The van der Waals surface area contributed by atoms with E-state index in [-0.39, 0.29) is 0 Å². The zero-order valence-corrected chi connectivity index (χ0v) is 25.0. The maximum absolute atomic E-state index is 6.19. The summed E-state index contributed by atoms with van der Waals surface area (Å²) in [7, 11) is 0. The predicted molar refractivity (Wildman–Crippen MR) is 190 cm³/mol. The Hall–Kier alpha value is -5.71. The van der Waals surface area contributed by atoms with E-state index in [9.17, 15) is 0 Å². The molecule has 9 rings (SSSR count). The Morgan fingerprint density at radius 3 is 2.07 bits per heavy atom. The van der Waals surface area contributed by atoms with Crippen LogP contribution in [0.4, 0.5) is 17.1 Å². The fraction of sp³-hybridized carbons (Fsp3) is 0. The van der Waals surface area contributed by atoms with Gasteiger partial charge in [0.05, 0.1) is 5.69 Å². The smallest absolute Gasteiger partial charge is 0.227 e. The molecule has 0 saturated heterocycles. The van der Waals surface area contributed by atoms with E-state index < -0.39 is 0 Å². The summed E-state index contributed by atoms with van der Waals surface area (Å²) in [5.74, 6) is 0.636. The highest BCUT2D eigenvalue weighted by molar-refractivity contribution is 7.25. The van der Waals surface area contributed by atoms with Gasteiger partial charge in [0.25, 0.3) is 0 Å². The number of para-hydroxylation sites is 1. The highest BCUT2D eigenvalue weighted by Crippen LogP contribution is 2.44. The topological polar surface area (TPSA) is 29.3 Å². The predicted octanol–water partition coefficient (Wildman–Crippen LogP) is 12.2. The van der Waals surface area contributed by atoms with Crippen LogP contribution in [0.3, 0.4) is 0 Å². The fourth-order valence-electron chi connectivity index (χ4n) is 6.36. The molecule has 7 aromatic carbocycles. The normalized spacial score (nSPS) is 11.6. The van der Waals surface area contributed by atoms with Crippen molar-refractivity contribution in [3.05, 3.63) is 158 Å². The van der Waals surface area contributed by atoms with Crippen LogP contribution < -0.4 is 4.90 Å². The SMILES string of the molecule is c1ccc(-c2nc3c(ccc4cc(N(c5ccc6sc7ccccc7c6c5)c5ccccc5-c5ccccc5)ccc43)o2)cc1. The largest absolute Gasteiger partial charge is 0.436 e. The van der Waals surface area contributed by atoms with Crippen molar-refractivity contribution < 1.29 is 4.42 Å². The molecule has 45 heavy (non-hydrogen) atoms. The minimum Gasteiger partial charge on any atom is -0.436 e. The van der Waals surface area contributed by atoms with Crippen molar-refractivity contribution in [2.45, 2.75) is 0 Å². The Labute approximate surface area is 264 Å². The molecular formula is C41H26N2OS. The molecule has 0 aliphatic rings. The molecule has 0 saturated carbocycles. The molecule has 0 fully saturated rings. The van der Waals surface area contributed by atoms with Crippen molar-refractivity contribution in [2.24, 2.45) is 0 Å². The van der Waals surface area contributed by atoms with Crippen molar-refractivity contribution in [3.8, 4) is 22.6 Å². The number of benzene rings is 7. The molecule has 0 bridgehead atoms. The molecule has 212 valence electrons. The summed E-state index contributed by atoms with van der Waals surface area (Å²) in [4.78, 5) is 7.32. The molecule has 9 aromatic rings. The van der Waals surface area contributed by atoms with Crippen LogP contribution in [0.25, 0.3) is 64.6 Å². The molecule has 0 amide bonds. The van der Waals surface area contributed by atoms with Crippen molar-refractivity contribution in [3.63, 3.8) is 0 Å². The van der Waals surface area contributed by atoms with Crippen molar-refractivity contribution in [2.75, 3.05) is 4.90 Å². The summed E-state index contributed by atoms with van der Waals surface area (Å²) < 4.78 is 8.78. The Bertz CT molecular complexity index is 2500. The summed E-state index contributed by atoms with van der Waals surface area (Å²) in [5.41, 5.74) is 8.30. The number of rotatable bonds is 5. The average Bonchev–Trinajstić information content (AvgIpc) is 3.71. The molecular weight excluding hydrogens is 569 g/mol. The number of hydrogen-bond donors (Lipinski definition) is 0. The maximum Gasteiger partial charge on any atom is 0.227 e. The van der Waals surface area contributed by atoms with Crippen LogP contribution in [0.1, 0.15) is 0 Å². The van der Waals surface area contributed by atoms with Crippen LogP contribution in [0.5, 0.6) is 0 Å². The van der Waals surface area contributed by atoms with E-state index in [1.54, 1.807) is 0 Å². The number of oxazole rings is 1. The van der Waals surface area contributed by atoms with Gasteiger partial charge in [-0.25, -0.2) is 4.98 Å². The van der Waals surface area contributed by atoms with Gasteiger partial charge in [0.2, 0.25) is 5.89 Å². The summed E-state index contributed by atoms with van der Waals surface area (Å²) in [6.07, 6.45) is 0. The number of nitrogens with zero attached hydrogens (tertiary/aromatic N) is 2. The lowest BCUT2D eigenvalue weighted by Gasteiger charge is -2.28. The van der Waals surface area contributed by atoms with Gasteiger partial charge < -0.3 is 9.32 Å². The van der Waals surface area contributed by atoms with E-state index in [1.807, 2.05) is 47.7 Å². The molecule has 0 spiro atoms. The third-order valence-corrected chi connectivity index (χ3v) is 9.64. The zero-order valence-electron chi connectivity index (χ0n) is 24.2. The van der Waals surface area contributed by atoms with E-state index in [0.717, 1.165) is 44.5 Å². The van der Waals surface area contributed by atoms with Crippen LogP contribution in [-0.4, -0.2) is 4.98 Å². The van der Waals surface area contributed by atoms with Gasteiger partial charge in [0, 0.05) is 48.1 Å². The number of hydrogen-bond acceptors (Lipinski definition) is 4. The second kappa shape index (κ2) is 10.5. The van der Waals surface area contributed by atoms with Crippen LogP contribution in [0.2, 0.25) is 0 Å². The fourth-order valence-corrected chi connectivity index (χ4v) is 7.45. The van der Waals surface area contributed by atoms with Crippen LogP contribution in [0.15, 0.2) is 162 Å². The van der Waals surface area contributed by atoms with E-state index >= 15 is 0 Å². The molecule has 2 heterocycles. The minimum atomic E-state index is 0.636. The minimum absolute atomic E-state index is 0.636. The second-order valence-corrected chi connectivity index (χ2v) is 12.3. The molecule has 0 N–H and O–H groups in total. The summed E-state index contributed by atoms with van der Waals surface area (Å²) in [6.45, 7) is 0. The Kier molecular flexibility index (Phi) is 6.00. The van der Waals surface area contributed by atoms with Crippen LogP contribution >= 0.6 is 11.3 Å². The van der Waals surface area contributed by atoms with E-state index in [4.69, 9.17) is 9.40 Å². The number of aromatic nitrogens is 1. The molecule has 2 aromatic heterocycles. The third-order valence-electron chi connectivity index (χ3n) is 8.49. The Morgan fingerprint density at radius 1 is 0.511 bits per heavy atom. The van der Waals surface area contributed by atoms with Gasteiger partial charge in [-0.05, 0) is 77.7 Å². The Balaban J connectivity index is 1.26. The summed E-state index contributed by atoms with van der Waals surface area (Å²) in [6, 6.07) is 55.7. The van der Waals surface area contributed by atoms with Gasteiger partial charge in [0.15, 0.2) is 5.58 Å². The lowest BCUT2D eigenvalue weighted by atomic mass is 10.0. The molecule has 3 nitrogen and oxygen atoms in total. The molecule has 0 radical (unpaired) electrons. The van der Waals surface area contributed by atoms with Crippen LogP contribution in [-0.2, 0) is 0 Å². The summed E-state index contributed by atoms with van der Waals surface area (Å²) in [5, 5.41) is 4.74. The highest BCUT2D eigenvalue weighted by Gasteiger charge is 2.20. The van der Waals surface area contributed by atoms with Crippen molar-refractivity contribution >= 4 is 70.4 Å². The summed E-state index contributed by atoms with van der Waals surface area (Å²) >= 11 is 1.84. The molecule has 0 unspecified atom stereocenters. The quantitative estimate of drug-likeness (QED) is 0.198. The average molecular weight is 595 g/mol. The lowest BCUT2D eigenvalue weighted by Crippen LogP contribution is -2.11. The number of fused-ring (bicyclic) bond motifs is 6. The highest BCUT2D eigenvalue weighted by atomic mass is 32.1. The van der Waals surface area contributed by atoms with E-state index in [2.05, 4.69) is 126 Å². The maximum atomic E-state index is 6.19. The van der Waals surface area contributed by atoms with E-state index in [0.29, 0.717) is 5.89 Å². The van der Waals surface area contributed by atoms with Crippen LogP contribution in [0, 0.1) is 0 Å². The van der Waals surface area contributed by atoms with Gasteiger partial charge in [-0.3, -0.25) is 0 Å². The van der Waals surface area contributed by atoms with Gasteiger partial charge in [0.1, 0.15) is 5.52 Å². The monoisotopic (exact) mass is 594 g/mol. The van der Waals surface area contributed by atoms with Gasteiger partial charge >= 0.3 is 0 Å². The van der Waals surface area contributed by atoms with Gasteiger partial charge in [-0.1, -0.05) is 91.0 Å². The first-order valence-electron chi connectivity index (χ1n) is 15.0. The molecule has 4 heteroatoms. The van der Waals surface area contributed by atoms with Gasteiger partial charge in [-0.2, -0.15) is 0 Å². The van der Waals surface area contributed by atoms with Gasteiger partial charge in [-0.15, -0.1) is 11.3 Å².